The number of hydrogen-bond donors (Lipinski definition) is 1. The average Bonchev–Trinajstić information content (AvgIpc) is 3.40. The Morgan fingerprint density at radius 2 is 1.64 bits per heavy atom. The van der Waals surface area contributed by atoms with Gasteiger partial charge in [-0.2, -0.15) is 0 Å². The first-order chi connectivity index (χ1) is 15.9. The van der Waals surface area contributed by atoms with Gasteiger partial charge in [-0.1, -0.05) is 72.3 Å². The summed E-state index contributed by atoms with van der Waals surface area (Å²) in [5.41, 5.74) is 6.38. The van der Waals surface area contributed by atoms with Crippen molar-refractivity contribution in [3.63, 3.8) is 0 Å². The van der Waals surface area contributed by atoms with Crippen LogP contribution < -0.4 is 0 Å². The molecular weight excluding hydrogens is 438 g/mol. The van der Waals surface area contributed by atoms with Crippen LogP contribution in [0.15, 0.2) is 66.7 Å². The van der Waals surface area contributed by atoms with Gasteiger partial charge >= 0.3 is 12.1 Å². The summed E-state index contributed by atoms with van der Waals surface area (Å²) in [5, 5.41) is 10.4. The number of nitrogens with zero attached hydrogens (tertiary/aromatic N) is 1. The quantitative estimate of drug-likeness (QED) is 0.541. The summed E-state index contributed by atoms with van der Waals surface area (Å²) in [6.07, 6.45) is -0.476. The second-order valence-electron chi connectivity index (χ2n) is 8.77. The van der Waals surface area contributed by atoms with Crippen molar-refractivity contribution in [1.29, 1.82) is 0 Å². The minimum absolute atomic E-state index is 0.0334. The van der Waals surface area contributed by atoms with Gasteiger partial charge in [-0.15, -0.1) is 0 Å². The Morgan fingerprint density at radius 1 is 1.00 bits per heavy atom. The molecule has 1 heterocycles. The second-order valence-corrected chi connectivity index (χ2v) is 9.18. The Balaban J connectivity index is 1.32. The van der Waals surface area contributed by atoms with Gasteiger partial charge in [0.2, 0.25) is 0 Å². The molecule has 2 aliphatic rings. The lowest BCUT2D eigenvalue weighted by atomic mass is 9.88. The van der Waals surface area contributed by atoms with E-state index in [2.05, 4.69) is 24.3 Å². The van der Waals surface area contributed by atoms with Crippen molar-refractivity contribution in [1.82, 2.24) is 4.90 Å². The molecule has 3 aromatic rings. The number of amides is 1. The second kappa shape index (κ2) is 8.56. The third-order valence-electron chi connectivity index (χ3n) is 6.84. The number of aryl methyl sites for hydroxylation is 1. The van der Waals surface area contributed by atoms with E-state index in [0.717, 1.165) is 22.3 Å². The molecule has 0 spiro atoms. The summed E-state index contributed by atoms with van der Waals surface area (Å²) in [6, 6.07) is 21.9. The smallest absolute Gasteiger partial charge is 0.409 e. The fourth-order valence-corrected chi connectivity index (χ4v) is 5.24. The van der Waals surface area contributed by atoms with Crippen LogP contribution in [0, 0.1) is 12.8 Å². The van der Waals surface area contributed by atoms with Gasteiger partial charge in [0.25, 0.3) is 0 Å². The molecule has 0 aromatic heterocycles. The number of fused-ring (bicyclic) bond motifs is 3. The Labute approximate surface area is 197 Å². The van der Waals surface area contributed by atoms with E-state index in [1.54, 1.807) is 6.07 Å². The number of hydrogen-bond acceptors (Lipinski definition) is 3. The molecule has 3 aromatic carbocycles. The third kappa shape index (κ3) is 3.87. The van der Waals surface area contributed by atoms with Crippen LogP contribution in [0.5, 0.6) is 0 Å². The number of carboxylic acids is 1. The number of carbonyl (C=O) groups is 2. The van der Waals surface area contributed by atoms with Crippen molar-refractivity contribution in [3.8, 4) is 11.1 Å². The standard InChI is InChI=1S/C27H24ClNO4/c1-16-12-17(10-11-25(16)28)22-13-29(14-23(22)26(30)31)27(32)33-15-24-20-8-4-2-6-18(20)19-7-3-5-9-21(19)24/h2-12,22-24H,13-15H2,1H3,(H,30,31)/t22-,23+/m0/s1. The van der Waals surface area contributed by atoms with Gasteiger partial charge < -0.3 is 14.7 Å². The van der Waals surface area contributed by atoms with Gasteiger partial charge in [0.05, 0.1) is 5.92 Å². The molecule has 1 N–H and O–H groups in total. The lowest BCUT2D eigenvalue weighted by Gasteiger charge is -2.19. The molecule has 168 valence electrons. The van der Waals surface area contributed by atoms with Crippen LogP contribution in [0.3, 0.4) is 0 Å². The van der Waals surface area contributed by atoms with Crippen LogP contribution >= 0.6 is 11.6 Å². The summed E-state index contributed by atoms with van der Waals surface area (Å²) in [5.74, 6) is -1.94. The molecule has 1 amide bonds. The first-order valence-electron chi connectivity index (χ1n) is 11.0. The Hall–Kier alpha value is -3.31. The number of carbonyl (C=O) groups excluding carboxylic acids is 1. The predicted molar refractivity (Wildman–Crippen MR) is 127 cm³/mol. The van der Waals surface area contributed by atoms with Crippen LogP contribution in [0.25, 0.3) is 11.1 Å². The molecule has 2 atom stereocenters. The lowest BCUT2D eigenvalue weighted by Crippen LogP contribution is -2.31. The zero-order valence-corrected chi connectivity index (χ0v) is 19.0. The first-order valence-corrected chi connectivity index (χ1v) is 11.4. The van der Waals surface area contributed by atoms with Gasteiger partial charge in [0, 0.05) is 29.9 Å². The van der Waals surface area contributed by atoms with E-state index in [1.165, 1.54) is 16.0 Å². The third-order valence-corrected chi connectivity index (χ3v) is 7.27. The molecule has 6 heteroatoms. The highest BCUT2D eigenvalue weighted by Gasteiger charge is 2.41. The molecule has 0 bridgehead atoms. The first kappa shape index (κ1) is 21.5. The normalized spacial score (nSPS) is 19.3. The molecule has 1 aliphatic heterocycles. The van der Waals surface area contributed by atoms with E-state index in [9.17, 15) is 14.7 Å². The van der Waals surface area contributed by atoms with Gasteiger partial charge in [0.1, 0.15) is 6.61 Å². The highest BCUT2D eigenvalue weighted by Crippen LogP contribution is 2.44. The zero-order chi connectivity index (χ0) is 23.1. The fourth-order valence-electron chi connectivity index (χ4n) is 5.12. The molecular formula is C27H24ClNO4. The highest BCUT2D eigenvalue weighted by atomic mass is 35.5. The van der Waals surface area contributed by atoms with Crippen LogP contribution in [-0.4, -0.2) is 41.8 Å². The number of carboxylic acid groups (broad SMARTS) is 1. The van der Waals surface area contributed by atoms with Crippen molar-refractivity contribution in [2.45, 2.75) is 18.8 Å². The van der Waals surface area contributed by atoms with Crippen molar-refractivity contribution >= 4 is 23.7 Å². The van der Waals surface area contributed by atoms with E-state index < -0.39 is 18.0 Å². The Kier molecular flexibility index (Phi) is 5.59. The molecule has 0 unspecified atom stereocenters. The van der Waals surface area contributed by atoms with Gasteiger partial charge in [-0.05, 0) is 46.4 Å². The largest absolute Gasteiger partial charge is 0.481 e. The minimum atomic E-state index is -0.915. The minimum Gasteiger partial charge on any atom is -0.481 e. The SMILES string of the molecule is Cc1cc([C@@H]2CN(C(=O)OCC3c4ccccc4-c4ccccc43)C[C@H]2C(=O)O)ccc1Cl. The number of halogens is 1. The maximum Gasteiger partial charge on any atom is 0.409 e. The van der Waals surface area contributed by atoms with Crippen molar-refractivity contribution in [3.05, 3.63) is 94.0 Å². The van der Waals surface area contributed by atoms with Crippen LogP contribution in [0.1, 0.15) is 34.1 Å². The molecule has 33 heavy (non-hydrogen) atoms. The van der Waals surface area contributed by atoms with Crippen LogP contribution in [-0.2, 0) is 9.53 Å². The summed E-state index contributed by atoms with van der Waals surface area (Å²) < 4.78 is 5.75. The number of benzene rings is 3. The van der Waals surface area contributed by atoms with Crippen molar-refractivity contribution in [2.75, 3.05) is 19.7 Å². The Morgan fingerprint density at radius 3 is 2.24 bits per heavy atom. The maximum absolute atomic E-state index is 13.0. The van der Waals surface area contributed by atoms with E-state index >= 15 is 0 Å². The van der Waals surface area contributed by atoms with Crippen LogP contribution in [0.4, 0.5) is 4.79 Å². The number of ether oxygens (including phenoxy) is 1. The molecule has 1 fully saturated rings. The summed E-state index contributed by atoms with van der Waals surface area (Å²) in [6.45, 7) is 2.53. The van der Waals surface area contributed by atoms with Gasteiger partial charge in [0.15, 0.2) is 0 Å². The summed E-state index contributed by atoms with van der Waals surface area (Å²) >= 11 is 6.14. The lowest BCUT2D eigenvalue weighted by molar-refractivity contribution is -0.141. The van der Waals surface area contributed by atoms with Gasteiger partial charge in [-0.25, -0.2) is 4.79 Å². The maximum atomic E-state index is 13.0. The predicted octanol–water partition coefficient (Wildman–Crippen LogP) is 5.70. The van der Waals surface area contributed by atoms with E-state index in [0.29, 0.717) is 11.6 Å². The Bertz CT molecular complexity index is 1190. The van der Waals surface area contributed by atoms with Crippen LogP contribution in [0.2, 0.25) is 5.02 Å². The molecule has 5 nitrogen and oxygen atoms in total. The monoisotopic (exact) mass is 461 g/mol. The van der Waals surface area contributed by atoms with E-state index in [-0.39, 0.29) is 25.0 Å². The summed E-state index contributed by atoms with van der Waals surface area (Å²) in [4.78, 5) is 26.4. The number of rotatable bonds is 4. The molecule has 0 saturated carbocycles. The van der Waals surface area contributed by atoms with Gasteiger partial charge in [-0.3, -0.25) is 4.79 Å². The summed E-state index contributed by atoms with van der Waals surface area (Å²) in [7, 11) is 0. The molecule has 5 rings (SSSR count). The van der Waals surface area contributed by atoms with E-state index in [4.69, 9.17) is 16.3 Å². The van der Waals surface area contributed by atoms with Crippen molar-refractivity contribution in [2.24, 2.45) is 5.92 Å². The average molecular weight is 462 g/mol. The zero-order valence-electron chi connectivity index (χ0n) is 18.2. The van der Waals surface area contributed by atoms with E-state index in [1.807, 2.05) is 43.3 Å². The molecule has 1 aliphatic carbocycles. The molecule has 0 radical (unpaired) electrons. The molecule has 1 saturated heterocycles. The number of likely N-dealkylation sites (tertiary alicyclic amines) is 1. The fraction of sp³-hybridized carbons (Fsp3) is 0.259. The van der Waals surface area contributed by atoms with Crippen molar-refractivity contribution < 1.29 is 19.4 Å². The topological polar surface area (TPSA) is 66.8 Å². The number of aliphatic carboxylic acids is 1. The highest BCUT2D eigenvalue weighted by molar-refractivity contribution is 6.31.